The van der Waals surface area contributed by atoms with E-state index in [2.05, 4.69) is 5.32 Å². The topological polar surface area (TPSA) is 133 Å². The number of rotatable bonds is 6. The molecule has 42 heavy (non-hydrogen) atoms. The second-order valence-corrected chi connectivity index (χ2v) is 15.4. The second-order valence-electron chi connectivity index (χ2n) is 11.2. The van der Waals surface area contributed by atoms with Crippen LogP contribution in [0.15, 0.2) is 71.6 Å². The minimum absolute atomic E-state index is 0.0371. The third-order valence-electron chi connectivity index (χ3n) is 8.58. The van der Waals surface area contributed by atoms with Crippen molar-refractivity contribution in [2.45, 2.75) is 42.0 Å². The van der Waals surface area contributed by atoms with Gasteiger partial charge in [-0.05, 0) is 97.8 Å². The number of sulfonamides is 1. The number of hydrogen-bond donors (Lipinski definition) is 3. The van der Waals surface area contributed by atoms with Gasteiger partial charge in [0.1, 0.15) is 5.82 Å². The molecule has 0 radical (unpaired) electrons. The summed E-state index contributed by atoms with van der Waals surface area (Å²) in [6, 6.07) is 15.5. The fourth-order valence-corrected chi connectivity index (χ4v) is 9.77. The molecule has 6 rings (SSSR count). The molecule has 9 nitrogen and oxygen atoms in total. The SMILES string of the molecule is COC(=O)c1cccc(NC(=O)c2ccc3c(c2)C2(CCS(O)(O)CC2)C(C2CC2)N3S(=O)(=O)c2ccc(F)cc2)c1. The number of hydrogen-bond acceptors (Lipinski definition) is 7. The van der Waals surface area contributed by atoms with Gasteiger partial charge in [0.25, 0.3) is 15.9 Å². The van der Waals surface area contributed by atoms with Crippen molar-refractivity contribution in [2.75, 3.05) is 28.2 Å². The third kappa shape index (κ3) is 4.96. The summed E-state index contributed by atoms with van der Waals surface area (Å²) >= 11 is 0. The van der Waals surface area contributed by atoms with E-state index in [1.165, 1.54) is 29.6 Å². The number of benzene rings is 3. The highest BCUT2D eigenvalue weighted by molar-refractivity contribution is 8.24. The van der Waals surface area contributed by atoms with Gasteiger partial charge in [-0.3, -0.25) is 18.2 Å². The van der Waals surface area contributed by atoms with E-state index in [1.54, 1.807) is 36.4 Å². The first-order chi connectivity index (χ1) is 19.9. The van der Waals surface area contributed by atoms with Crippen molar-refractivity contribution in [1.29, 1.82) is 0 Å². The highest BCUT2D eigenvalue weighted by atomic mass is 32.3. The summed E-state index contributed by atoms with van der Waals surface area (Å²) in [4.78, 5) is 25.3. The molecule has 1 unspecified atom stereocenters. The van der Waals surface area contributed by atoms with E-state index in [0.717, 1.165) is 25.0 Å². The number of esters is 1. The first-order valence-corrected chi connectivity index (χ1v) is 17.0. The van der Waals surface area contributed by atoms with Crippen LogP contribution >= 0.6 is 10.6 Å². The molecule has 0 aromatic heterocycles. The molecule has 1 saturated heterocycles. The van der Waals surface area contributed by atoms with Crippen LogP contribution in [0.5, 0.6) is 0 Å². The first kappa shape index (κ1) is 28.7. The number of halogens is 1. The van der Waals surface area contributed by atoms with Gasteiger partial charge in [0.2, 0.25) is 0 Å². The molecule has 3 aliphatic rings. The zero-order valence-corrected chi connectivity index (χ0v) is 24.5. The molecule has 12 heteroatoms. The smallest absolute Gasteiger partial charge is 0.337 e. The van der Waals surface area contributed by atoms with Crippen molar-refractivity contribution in [3.8, 4) is 0 Å². The second kappa shape index (κ2) is 10.4. The predicted octanol–water partition coefficient (Wildman–Crippen LogP) is 5.63. The number of methoxy groups -OCH3 is 1. The Balaban J connectivity index is 1.43. The lowest BCUT2D eigenvalue weighted by Gasteiger charge is -2.48. The van der Waals surface area contributed by atoms with Crippen LogP contribution in [0.25, 0.3) is 0 Å². The quantitative estimate of drug-likeness (QED) is 0.306. The molecule has 2 aliphatic heterocycles. The predicted molar refractivity (Wildman–Crippen MR) is 158 cm³/mol. The fourth-order valence-electron chi connectivity index (χ4n) is 6.38. The van der Waals surface area contributed by atoms with Crippen LogP contribution in [-0.2, 0) is 20.2 Å². The van der Waals surface area contributed by atoms with Crippen LogP contribution in [0.1, 0.15) is 52.0 Å². The summed E-state index contributed by atoms with van der Waals surface area (Å²) in [6.45, 7) is 0. The highest BCUT2D eigenvalue weighted by Crippen LogP contribution is 2.63. The van der Waals surface area contributed by atoms with Crippen molar-refractivity contribution < 1.29 is 36.2 Å². The van der Waals surface area contributed by atoms with Gasteiger partial charge in [-0.2, -0.15) is 10.6 Å². The fraction of sp³-hybridized carbons (Fsp3) is 0.333. The number of ether oxygens (including phenoxy) is 1. The Morgan fingerprint density at radius 3 is 2.33 bits per heavy atom. The molecule has 1 spiro atoms. The average Bonchev–Trinajstić information content (AvgIpc) is 3.77. The number of nitrogens with one attached hydrogen (secondary N) is 1. The third-order valence-corrected chi connectivity index (χ3v) is 12.1. The van der Waals surface area contributed by atoms with E-state index >= 15 is 0 Å². The Morgan fingerprint density at radius 1 is 1.00 bits per heavy atom. The number of carbonyl (C=O) groups excluding carboxylic acids is 2. The van der Waals surface area contributed by atoms with Crippen LogP contribution in [0, 0.1) is 11.7 Å². The molecule has 0 bridgehead atoms. The maximum Gasteiger partial charge on any atom is 0.337 e. The Kier molecular flexibility index (Phi) is 7.08. The molecular weight excluding hydrogens is 583 g/mol. The van der Waals surface area contributed by atoms with Crippen molar-refractivity contribution >= 4 is 43.9 Å². The molecule has 3 aromatic carbocycles. The lowest BCUT2D eigenvalue weighted by Crippen LogP contribution is -2.51. The Bertz CT molecular complexity index is 1660. The van der Waals surface area contributed by atoms with Crippen molar-refractivity contribution in [3.63, 3.8) is 0 Å². The number of anilines is 2. The highest BCUT2D eigenvalue weighted by Gasteiger charge is 2.60. The minimum atomic E-state index is -4.12. The molecule has 2 heterocycles. The van der Waals surface area contributed by atoms with Gasteiger partial charge in [-0.15, -0.1) is 0 Å². The minimum Gasteiger partial charge on any atom is -0.465 e. The van der Waals surface area contributed by atoms with E-state index < -0.39 is 49.8 Å². The van der Waals surface area contributed by atoms with Gasteiger partial charge in [-0.25, -0.2) is 17.6 Å². The van der Waals surface area contributed by atoms with E-state index in [0.29, 0.717) is 35.3 Å². The van der Waals surface area contributed by atoms with Crippen LogP contribution < -0.4 is 9.62 Å². The molecule has 222 valence electrons. The standard InChI is InChI=1S/C30H31FN2O7S2/c1-40-29(35)21-3-2-4-23(17-21)32-28(34)20-7-12-26-25(18-20)30(13-15-41(36,37)16-14-30)27(19-5-6-19)33(26)42(38,39)24-10-8-22(31)9-11-24/h2-4,7-12,17-19,27,36-37H,5-6,13-16H2,1H3,(H,32,34). The van der Waals surface area contributed by atoms with Crippen molar-refractivity contribution in [2.24, 2.45) is 5.92 Å². The van der Waals surface area contributed by atoms with Crippen LogP contribution in [-0.4, -0.2) is 54.1 Å². The summed E-state index contributed by atoms with van der Waals surface area (Å²) in [5.41, 5.74) is 1.35. The molecule has 1 saturated carbocycles. The largest absolute Gasteiger partial charge is 0.465 e. The summed E-state index contributed by atoms with van der Waals surface area (Å²) in [5.74, 6) is -1.20. The molecule has 2 fully saturated rings. The summed E-state index contributed by atoms with van der Waals surface area (Å²) in [7, 11) is -5.64. The summed E-state index contributed by atoms with van der Waals surface area (Å²) in [5, 5.41) is 2.80. The Morgan fingerprint density at radius 2 is 1.69 bits per heavy atom. The van der Waals surface area contributed by atoms with E-state index in [1.807, 2.05) is 0 Å². The molecule has 1 atom stereocenters. The van der Waals surface area contributed by atoms with E-state index in [9.17, 15) is 31.5 Å². The lowest BCUT2D eigenvalue weighted by atomic mass is 9.70. The number of carbonyl (C=O) groups is 2. The first-order valence-electron chi connectivity index (χ1n) is 13.6. The van der Waals surface area contributed by atoms with Crippen molar-refractivity contribution in [1.82, 2.24) is 0 Å². The average molecular weight is 615 g/mol. The lowest BCUT2D eigenvalue weighted by molar-refractivity contribution is 0.0600. The van der Waals surface area contributed by atoms with E-state index in [-0.39, 0.29) is 27.9 Å². The monoisotopic (exact) mass is 614 g/mol. The van der Waals surface area contributed by atoms with Gasteiger partial charge >= 0.3 is 5.97 Å². The van der Waals surface area contributed by atoms with Gasteiger partial charge in [0.15, 0.2) is 0 Å². The maximum atomic E-state index is 14.2. The molecule has 1 aliphatic carbocycles. The van der Waals surface area contributed by atoms with Gasteiger partial charge in [-0.1, -0.05) is 6.07 Å². The summed E-state index contributed by atoms with van der Waals surface area (Å²) < 4.78 is 69.2. The maximum absolute atomic E-state index is 14.2. The van der Waals surface area contributed by atoms with E-state index in [4.69, 9.17) is 4.74 Å². The summed E-state index contributed by atoms with van der Waals surface area (Å²) in [6.07, 6.45) is 2.36. The van der Waals surface area contributed by atoms with Gasteiger partial charge in [0, 0.05) is 28.2 Å². The van der Waals surface area contributed by atoms with Crippen LogP contribution in [0.3, 0.4) is 0 Å². The number of amides is 1. The molecule has 3 aromatic rings. The zero-order valence-electron chi connectivity index (χ0n) is 22.8. The van der Waals surface area contributed by atoms with Gasteiger partial charge in [0.05, 0.1) is 29.3 Å². The van der Waals surface area contributed by atoms with Crippen LogP contribution in [0.2, 0.25) is 0 Å². The molecular formula is C30H31FN2O7S2. The Hall–Kier alpha value is -3.45. The zero-order chi connectivity index (χ0) is 29.9. The Labute approximate surface area is 245 Å². The molecule has 3 N–H and O–H groups in total. The molecule has 1 amide bonds. The number of nitrogens with zero attached hydrogens (tertiary/aromatic N) is 1. The van der Waals surface area contributed by atoms with Crippen molar-refractivity contribution in [3.05, 3.63) is 89.2 Å². The van der Waals surface area contributed by atoms with Gasteiger partial charge < -0.3 is 10.1 Å². The van der Waals surface area contributed by atoms with Crippen LogP contribution in [0.4, 0.5) is 15.8 Å². The normalized spacial score (nSPS) is 21.4. The number of fused-ring (bicyclic) bond motifs is 2.